The third kappa shape index (κ3) is 2.42. The van der Waals surface area contributed by atoms with Crippen LogP contribution in [0.25, 0.3) is 0 Å². The van der Waals surface area contributed by atoms with Gasteiger partial charge in [0.25, 0.3) is 0 Å². The van der Waals surface area contributed by atoms with Gasteiger partial charge in [-0.3, -0.25) is 14.6 Å². The number of carbonyl (C=O) groups is 1. The predicted octanol–water partition coefficient (Wildman–Crippen LogP) is -0.332. The molecular formula is C9H19N3O. The van der Waals surface area contributed by atoms with Crippen molar-refractivity contribution >= 4 is 5.91 Å². The Morgan fingerprint density at radius 1 is 1.38 bits per heavy atom. The summed E-state index contributed by atoms with van der Waals surface area (Å²) in [5, 5.41) is 0. The maximum absolute atomic E-state index is 11.4. The lowest BCUT2D eigenvalue weighted by molar-refractivity contribution is -0.136. The van der Waals surface area contributed by atoms with Gasteiger partial charge in [-0.15, -0.1) is 0 Å². The highest BCUT2D eigenvalue weighted by Gasteiger charge is 2.25. The molecule has 4 nitrogen and oxygen atoms in total. The van der Waals surface area contributed by atoms with Crippen LogP contribution >= 0.6 is 0 Å². The standard InChI is InChI=1S/C9H19N3O/c1-8(10(2)3)12-6-5-11(4)9(13)7-12/h8H,5-7H2,1-4H3. The molecule has 0 saturated carbocycles. The molecule has 0 bridgehead atoms. The van der Waals surface area contributed by atoms with Crippen LogP contribution in [-0.4, -0.2) is 67.5 Å². The van der Waals surface area contributed by atoms with E-state index in [1.807, 2.05) is 21.1 Å². The van der Waals surface area contributed by atoms with Crippen molar-refractivity contribution in [1.29, 1.82) is 0 Å². The predicted molar refractivity (Wildman–Crippen MR) is 52.4 cm³/mol. The van der Waals surface area contributed by atoms with E-state index >= 15 is 0 Å². The average Bonchev–Trinajstić information content (AvgIpc) is 2.08. The summed E-state index contributed by atoms with van der Waals surface area (Å²) in [4.78, 5) is 17.5. The number of hydrogen-bond acceptors (Lipinski definition) is 3. The van der Waals surface area contributed by atoms with Crippen LogP contribution in [0.1, 0.15) is 6.92 Å². The first-order valence-electron chi connectivity index (χ1n) is 4.67. The molecule has 0 aromatic rings. The maximum atomic E-state index is 11.4. The van der Waals surface area contributed by atoms with E-state index in [1.165, 1.54) is 0 Å². The molecule has 0 radical (unpaired) electrons. The van der Waals surface area contributed by atoms with Crippen LogP contribution < -0.4 is 0 Å². The van der Waals surface area contributed by atoms with Crippen LogP contribution in [0.15, 0.2) is 0 Å². The summed E-state index contributed by atoms with van der Waals surface area (Å²) in [6.07, 6.45) is 0.345. The molecule has 0 spiro atoms. The third-order valence-corrected chi connectivity index (χ3v) is 2.76. The molecule has 76 valence electrons. The second-order valence-corrected chi connectivity index (χ2v) is 3.88. The molecule has 1 atom stereocenters. The number of carbonyl (C=O) groups excluding carboxylic acids is 1. The van der Waals surface area contributed by atoms with Crippen molar-refractivity contribution in [2.24, 2.45) is 0 Å². The number of likely N-dealkylation sites (N-methyl/N-ethyl adjacent to an activating group) is 1. The van der Waals surface area contributed by atoms with Crippen LogP contribution in [0, 0.1) is 0 Å². The highest BCUT2D eigenvalue weighted by Crippen LogP contribution is 2.06. The SMILES string of the molecule is CC(N(C)C)N1CCN(C)C(=O)C1. The fourth-order valence-corrected chi connectivity index (χ4v) is 1.42. The molecular weight excluding hydrogens is 166 g/mol. The minimum absolute atomic E-state index is 0.222. The normalized spacial score (nSPS) is 22.5. The zero-order valence-corrected chi connectivity index (χ0v) is 8.95. The van der Waals surface area contributed by atoms with Gasteiger partial charge >= 0.3 is 0 Å². The quantitative estimate of drug-likeness (QED) is 0.589. The van der Waals surface area contributed by atoms with Crippen molar-refractivity contribution in [2.45, 2.75) is 13.1 Å². The zero-order chi connectivity index (χ0) is 10.0. The molecule has 0 aromatic heterocycles. The minimum Gasteiger partial charge on any atom is -0.343 e. The topological polar surface area (TPSA) is 26.8 Å². The van der Waals surface area contributed by atoms with Gasteiger partial charge in [0.05, 0.1) is 12.7 Å². The van der Waals surface area contributed by atoms with Gasteiger partial charge in [0.1, 0.15) is 0 Å². The van der Waals surface area contributed by atoms with E-state index in [4.69, 9.17) is 0 Å². The second-order valence-electron chi connectivity index (χ2n) is 3.88. The minimum atomic E-state index is 0.222. The zero-order valence-electron chi connectivity index (χ0n) is 8.95. The Morgan fingerprint density at radius 3 is 2.46 bits per heavy atom. The van der Waals surface area contributed by atoms with Gasteiger partial charge in [0, 0.05) is 20.1 Å². The smallest absolute Gasteiger partial charge is 0.236 e. The maximum Gasteiger partial charge on any atom is 0.236 e. The molecule has 0 aromatic carbocycles. The molecule has 1 aliphatic heterocycles. The Hall–Kier alpha value is -0.610. The van der Waals surface area contributed by atoms with Crippen molar-refractivity contribution in [3.05, 3.63) is 0 Å². The molecule has 1 saturated heterocycles. The van der Waals surface area contributed by atoms with Crippen molar-refractivity contribution in [1.82, 2.24) is 14.7 Å². The summed E-state index contributed by atoms with van der Waals surface area (Å²) in [5.41, 5.74) is 0. The number of nitrogens with zero attached hydrogens (tertiary/aromatic N) is 3. The van der Waals surface area contributed by atoms with E-state index in [-0.39, 0.29) is 5.91 Å². The fourth-order valence-electron chi connectivity index (χ4n) is 1.42. The second kappa shape index (κ2) is 4.07. The van der Waals surface area contributed by atoms with E-state index in [0.717, 1.165) is 13.1 Å². The summed E-state index contributed by atoms with van der Waals surface area (Å²) in [7, 11) is 5.93. The number of piperazine rings is 1. The molecule has 4 heteroatoms. The Labute approximate surface area is 80.1 Å². The summed E-state index contributed by atoms with van der Waals surface area (Å²) in [6, 6.07) is 0. The number of amides is 1. The largest absolute Gasteiger partial charge is 0.343 e. The third-order valence-electron chi connectivity index (χ3n) is 2.76. The molecule has 1 fully saturated rings. The van der Waals surface area contributed by atoms with E-state index in [0.29, 0.717) is 12.7 Å². The van der Waals surface area contributed by atoms with Crippen LogP contribution in [0.3, 0.4) is 0 Å². The number of rotatable bonds is 2. The molecule has 1 amide bonds. The lowest BCUT2D eigenvalue weighted by atomic mass is 10.3. The summed E-state index contributed by atoms with van der Waals surface area (Å²) in [5.74, 6) is 0.222. The first kappa shape index (κ1) is 10.5. The molecule has 0 N–H and O–H groups in total. The lowest BCUT2D eigenvalue weighted by Gasteiger charge is -2.38. The van der Waals surface area contributed by atoms with Crippen molar-refractivity contribution in [2.75, 3.05) is 40.8 Å². The highest BCUT2D eigenvalue weighted by molar-refractivity contribution is 5.78. The van der Waals surface area contributed by atoms with Crippen molar-refractivity contribution in [3.8, 4) is 0 Å². The van der Waals surface area contributed by atoms with Gasteiger partial charge in [-0.05, 0) is 21.0 Å². The van der Waals surface area contributed by atoms with Crippen LogP contribution in [0.5, 0.6) is 0 Å². The summed E-state index contributed by atoms with van der Waals surface area (Å²) in [6.45, 7) is 4.49. The van der Waals surface area contributed by atoms with Gasteiger partial charge in [-0.2, -0.15) is 0 Å². The van der Waals surface area contributed by atoms with Crippen molar-refractivity contribution in [3.63, 3.8) is 0 Å². The van der Waals surface area contributed by atoms with Gasteiger partial charge in [-0.25, -0.2) is 0 Å². The highest BCUT2D eigenvalue weighted by atomic mass is 16.2. The summed E-state index contributed by atoms with van der Waals surface area (Å²) < 4.78 is 0. The Bertz CT molecular complexity index is 193. The molecule has 1 heterocycles. The molecule has 1 unspecified atom stereocenters. The van der Waals surface area contributed by atoms with Crippen LogP contribution in [-0.2, 0) is 4.79 Å². The van der Waals surface area contributed by atoms with Gasteiger partial charge < -0.3 is 4.90 Å². The molecule has 13 heavy (non-hydrogen) atoms. The number of hydrogen-bond donors (Lipinski definition) is 0. The van der Waals surface area contributed by atoms with Gasteiger partial charge in [0.2, 0.25) is 5.91 Å². The average molecular weight is 185 g/mol. The fraction of sp³-hybridized carbons (Fsp3) is 0.889. The summed E-state index contributed by atoms with van der Waals surface area (Å²) >= 11 is 0. The Morgan fingerprint density at radius 2 is 2.00 bits per heavy atom. The van der Waals surface area contributed by atoms with E-state index in [1.54, 1.807) is 4.90 Å². The molecule has 1 aliphatic rings. The first-order valence-corrected chi connectivity index (χ1v) is 4.67. The Kier molecular flexibility index (Phi) is 3.27. The van der Waals surface area contributed by atoms with Gasteiger partial charge in [0.15, 0.2) is 0 Å². The van der Waals surface area contributed by atoms with E-state index < -0.39 is 0 Å². The van der Waals surface area contributed by atoms with Gasteiger partial charge in [-0.1, -0.05) is 0 Å². The monoisotopic (exact) mass is 185 g/mol. The Balaban J connectivity index is 2.50. The van der Waals surface area contributed by atoms with Crippen LogP contribution in [0.2, 0.25) is 0 Å². The van der Waals surface area contributed by atoms with E-state index in [9.17, 15) is 4.79 Å². The van der Waals surface area contributed by atoms with Crippen molar-refractivity contribution < 1.29 is 4.79 Å². The van der Waals surface area contributed by atoms with E-state index in [2.05, 4.69) is 16.7 Å². The van der Waals surface area contributed by atoms with Crippen LogP contribution in [0.4, 0.5) is 0 Å². The molecule has 0 aliphatic carbocycles. The first-order chi connectivity index (χ1) is 6.02. The molecule has 1 rings (SSSR count). The lowest BCUT2D eigenvalue weighted by Crippen LogP contribution is -2.54.